The largest absolute Gasteiger partial charge is 0.447 e. The zero-order valence-corrected chi connectivity index (χ0v) is 27.3. The first-order chi connectivity index (χ1) is 22.7. The summed E-state index contributed by atoms with van der Waals surface area (Å²) in [6, 6.07) is 1.02. The van der Waals surface area contributed by atoms with E-state index >= 15 is 0 Å². The van der Waals surface area contributed by atoms with E-state index in [1.807, 2.05) is 17.1 Å². The lowest BCUT2D eigenvalue weighted by molar-refractivity contribution is -0.121. The average Bonchev–Trinajstić information content (AvgIpc) is 3.26. The van der Waals surface area contributed by atoms with E-state index in [-0.39, 0.29) is 19.0 Å². The highest BCUT2D eigenvalue weighted by Gasteiger charge is 2.55. The molecule has 1 aliphatic rings. The molecule has 0 spiro atoms. The molecular formula is C35H49FN4O7. The van der Waals surface area contributed by atoms with Crippen molar-refractivity contribution in [1.82, 2.24) is 20.2 Å². The zero-order valence-electron chi connectivity index (χ0n) is 27.3. The van der Waals surface area contributed by atoms with E-state index in [0.29, 0.717) is 12.8 Å². The Kier molecular flexibility index (Phi) is 18.4. The first-order valence-electron chi connectivity index (χ1n) is 16.1. The van der Waals surface area contributed by atoms with Gasteiger partial charge in [0.15, 0.2) is 12.4 Å². The number of nitrogens with one attached hydrogen (secondary N) is 3. The molecular weight excluding hydrogens is 607 g/mol. The maximum Gasteiger partial charge on any atom is 0.407 e. The number of halogens is 1. The fourth-order valence-corrected chi connectivity index (χ4v) is 4.39. The number of hydrogen-bond donors (Lipinski definition) is 4. The predicted molar refractivity (Wildman–Crippen MR) is 181 cm³/mol. The Morgan fingerprint density at radius 2 is 1.47 bits per heavy atom. The van der Waals surface area contributed by atoms with E-state index in [9.17, 15) is 28.7 Å². The van der Waals surface area contributed by atoms with Crippen molar-refractivity contribution >= 4 is 12.0 Å². The lowest BCUT2D eigenvalue weighted by Crippen LogP contribution is -2.46. The summed E-state index contributed by atoms with van der Waals surface area (Å²) < 4.78 is 26.2. The highest BCUT2D eigenvalue weighted by atomic mass is 19.1. The molecule has 12 heteroatoms. The van der Waals surface area contributed by atoms with Crippen molar-refractivity contribution in [2.45, 2.75) is 89.3 Å². The predicted octanol–water partition coefficient (Wildman–Crippen LogP) is 4.84. The molecule has 2 heterocycles. The SMILES string of the molecule is CCC=CCC=CCC=CCC=CCC=CCC=CCCC(=O)NCCNC(=O)OCC1OC(n2ccc(=O)[nH]c2=O)C(F)C1(C)O. The molecule has 11 nitrogen and oxygen atoms in total. The lowest BCUT2D eigenvalue weighted by atomic mass is 9.96. The molecule has 0 radical (unpaired) electrons. The van der Waals surface area contributed by atoms with Crippen LogP contribution in [0.2, 0.25) is 0 Å². The third-order valence-electron chi connectivity index (χ3n) is 7.11. The van der Waals surface area contributed by atoms with Gasteiger partial charge in [0.25, 0.3) is 5.56 Å². The molecule has 4 unspecified atom stereocenters. The van der Waals surface area contributed by atoms with Gasteiger partial charge in [0.1, 0.15) is 18.3 Å². The Bertz CT molecular complexity index is 1390. The first kappa shape index (κ1) is 38.9. The van der Waals surface area contributed by atoms with Crippen molar-refractivity contribution in [3.8, 4) is 0 Å². The number of carbonyl (C=O) groups is 2. The number of alkyl carbamates (subject to hydrolysis) is 1. The molecule has 1 aromatic rings. The summed E-state index contributed by atoms with van der Waals surface area (Å²) >= 11 is 0. The third kappa shape index (κ3) is 15.2. The second kappa shape index (κ2) is 22.3. The van der Waals surface area contributed by atoms with E-state index in [4.69, 9.17) is 9.47 Å². The lowest BCUT2D eigenvalue weighted by Gasteiger charge is -2.24. The molecule has 47 heavy (non-hydrogen) atoms. The standard InChI is InChI=1S/C35H49FN4O7/c1-3-4-5-6-7-8-9-10-11-12-13-14-15-16-17-18-19-20-21-22-29(41)37-24-25-38-34(44)46-27-28-35(2,45)31(36)32(47-28)40-26-23-30(42)39-33(40)43/h4-5,7-8,10-11,13-14,16-17,19-20,23,26,28,31-32,45H,3,6,9,12,15,18,21-22,24-25,27H2,1-2H3,(H,37,41)(H,38,44)(H,39,42,43). The van der Waals surface area contributed by atoms with Crippen molar-refractivity contribution in [1.29, 1.82) is 0 Å². The number of allylic oxidation sites excluding steroid dienone is 12. The van der Waals surface area contributed by atoms with Gasteiger partial charge in [-0.15, -0.1) is 0 Å². The highest BCUT2D eigenvalue weighted by Crippen LogP contribution is 2.38. The van der Waals surface area contributed by atoms with Crippen LogP contribution in [0.4, 0.5) is 9.18 Å². The van der Waals surface area contributed by atoms with Crippen molar-refractivity contribution in [2.75, 3.05) is 19.7 Å². The van der Waals surface area contributed by atoms with Gasteiger partial charge >= 0.3 is 11.8 Å². The molecule has 2 rings (SSSR count). The molecule has 0 bridgehead atoms. The van der Waals surface area contributed by atoms with Gasteiger partial charge in [0.05, 0.1) is 0 Å². The molecule has 4 N–H and O–H groups in total. The molecule has 0 saturated carbocycles. The van der Waals surface area contributed by atoms with Crippen LogP contribution in [0, 0.1) is 0 Å². The van der Waals surface area contributed by atoms with Crippen LogP contribution < -0.4 is 21.9 Å². The van der Waals surface area contributed by atoms with Crippen molar-refractivity contribution in [3.05, 3.63) is 106 Å². The fourth-order valence-electron chi connectivity index (χ4n) is 4.39. The van der Waals surface area contributed by atoms with Crippen LogP contribution in [0.1, 0.15) is 71.4 Å². The summed E-state index contributed by atoms with van der Waals surface area (Å²) in [5, 5.41) is 15.7. The number of nitrogens with zero attached hydrogens (tertiary/aromatic N) is 1. The zero-order chi connectivity index (χ0) is 34.3. The van der Waals surface area contributed by atoms with Gasteiger partial charge in [-0.2, -0.15) is 0 Å². The number of aromatic nitrogens is 2. The highest BCUT2D eigenvalue weighted by molar-refractivity contribution is 5.76. The number of ether oxygens (including phenoxy) is 2. The Morgan fingerprint density at radius 3 is 2.02 bits per heavy atom. The minimum absolute atomic E-state index is 0.0908. The number of amides is 2. The minimum Gasteiger partial charge on any atom is -0.447 e. The molecule has 1 aromatic heterocycles. The summed E-state index contributed by atoms with van der Waals surface area (Å²) in [6.07, 6.45) is 27.4. The Hall–Kier alpha value is -4.29. The average molecular weight is 657 g/mol. The molecule has 4 atom stereocenters. The van der Waals surface area contributed by atoms with Gasteiger partial charge < -0.3 is 25.2 Å². The maximum atomic E-state index is 14.9. The quantitative estimate of drug-likeness (QED) is 0.116. The number of H-pyrrole nitrogens is 1. The van der Waals surface area contributed by atoms with E-state index < -0.39 is 48.1 Å². The van der Waals surface area contributed by atoms with E-state index in [1.54, 1.807) is 0 Å². The molecule has 2 amide bonds. The number of hydrogen-bond acceptors (Lipinski definition) is 7. The summed E-state index contributed by atoms with van der Waals surface area (Å²) in [5.74, 6) is -0.160. The van der Waals surface area contributed by atoms with Crippen LogP contribution in [-0.2, 0) is 14.3 Å². The topological polar surface area (TPSA) is 152 Å². The number of alkyl halides is 1. The Labute approximate surface area is 275 Å². The van der Waals surface area contributed by atoms with Crippen LogP contribution in [0.3, 0.4) is 0 Å². The summed E-state index contributed by atoms with van der Waals surface area (Å²) in [7, 11) is 0. The van der Waals surface area contributed by atoms with Gasteiger partial charge in [-0.25, -0.2) is 14.0 Å². The molecule has 0 aliphatic carbocycles. The van der Waals surface area contributed by atoms with Crippen LogP contribution in [0.15, 0.2) is 94.8 Å². The van der Waals surface area contributed by atoms with Crippen LogP contribution >= 0.6 is 0 Å². The molecule has 0 aromatic carbocycles. The fraction of sp³-hybridized carbons (Fsp3) is 0.486. The van der Waals surface area contributed by atoms with Crippen molar-refractivity contribution in [3.63, 3.8) is 0 Å². The number of aliphatic hydroxyl groups is 1. The van der Waals surface area contributed by atoms with Crippen LogP contribution in [0.25, 0.3) is 0 Å². The van der Waals surface area contributed by atoms with E-state index in [1.165, 1.54) is 0 Å². The number of carbonyl (C=O) groups excluding carboxylic acids is 2. The van der Waals surface area contributed by atoms with E-state index in [2.05, 4.69) is 78.3 Å². The Morgan fingerprint density at radius 1 is 0.936 bits per heavy atom. The third-order valence-corrected chi connectivity index (χ3v) is 7.11. The maximum absolute atomic E-state index is 14.9. The monoisotopic (exact) mass is 656 g/mol. The minimum atomic E-state index is -2.07. The number of rotatable bonds is 20. The van der Waals surface area contributed by atoms with Crippen molar-refractivity contribution in [2.24, 2.45) is 0 Å². The van der Waals surface area contributed by atoms with E-state index in [0.717, 1.165) is 62.3 Å². The van der Waals surface area contributed by atoms with Gasteiger partial charge in [-0.05, 0) is 51.9 Å². The van der Waals surface area contributed by atoms with Crippen LogP contribution in [-0.4, -0.2) is 64.2 Å². The summed E-state index contributed by atoms with van der Waals surface area (Å²) in [5.41, 5.74) is -3.64. The number of aromatic amines is 1. The van der Waals surface area contributed by atoms with Gasteiger partial charge in [0, 0.05) is 31.8 Å². The second-order valence-electron chi connectivity index (χ2n) is 11.0. The molecule has 258 valence electrons. The van der Waals surface area contributed by atoms with Crippen molar-refractivity contribution < 1.29 is 28.6 Å². The molecule has 1 saturated heterocycles. The Balaban J connectivity index is 1.50. The molecule has 1 aliphatic heterocycles. The molecule has 1 fully saturated rings. The second-order valence-corrected chi connectivity index (χ2v) is 11.0. The summed E-state index contributed by atoms with van der Waals surface area (Å²) in [6.45, 7) is 3.07. The first-order valence-corrected chi connectivity index (χ1v) is 16.1. The van der Waals surface area contributed by atoms with Gasteiger partial charge in [0.2, 0.25) is 5.91 Å². The summed E-state index contributed by atoms with van der Waals surface area (Å²) in [4.78, 5) is 49.3. The smallest absolute Gasteiger partial charge is 0.407 e. The van der Waals surface area contributed by atoms with Crippen LogP contribution in [0.5, 0.6) is 0 Å². The van der Waals surface area contributed by atoms with Gasteiger partial charge in [-0.3, -0.25) is 19.1 Å². The normalized spacial score (nSPS) is 21.7. The van der Waals surface area contributed by atoms with Gasteiger partial charge in [-0.1, -0.05) is 79.8 Å².